The highest BCUT2D eigenvalue weighted by Gasteiger charge is 2.27. The molecular formula is C19H27N5O2. The van der Waals surface area contributed by atoms with E-state index in [1.807, 2.05) is 24.3 Å². The first-order valence-electron chi connectivity index (χ1n) is 9.03. The Morgan fingerprint density at radius 1 is 1.19 bits per heavy atom. The van der Waals surface area contributed by atoms with Gasteiger partial charge in [-0.1, -0.05) is 5.21 Å². The number of aromatic nitrogens is 3. The molecule has 1 aliphatic rings. The van der Waals surface area contributed by atoms with Gasteiger partial charge in [-0.25, -0.2) is 4.68 Å². The Morgan fingerprint density at radius 3 is 2.42 bits per heavy atom. The minimum Gasteiger partial charge on any atom is -0.490 e. The number of amides is 1. The fourth-order valence-electron chi connectivity index (χ4n) is 3.14. The lowest BCUT2D eigenvalue weighted by Gasteiger charge is -2.40. The Labute approximate surface area is 154 Å². The molecule has 1 N–H and O–H groups in total. The number of hydrogen-bond donors (Lipinski definition) is 1. The van der Waals surface area contributed by atoms with Crippen molar-refractivity contribution in [2.75, 3.05) is 20.1 Å². The lowest BCUT2D eigenvalue weighted by molar-refractivity contribution is 0.0491. The van der Waals surface area contributed by atoms with E-state index in [9.17, 15) is 4.79 Å². The Kier molecular flexibility index (Phi) is 5.27. The molecule has 1 fully saturated rings. The van der Waals surface area contributed by atoms with Crippen molar-refractivity contribution >= 4 is 5.91 Å². The van der Waals surface area contributed by atoms with Crippen LogP contribution in [-0.2, 0) is 0 Å². The average molecular weight is 357 g/mol. The quantitative estimate of drug-likeness (QED) is 0.909. The SMILES string of the molecule is CNC(=O)c1cn(-c2ccc(OC3CCN(C(C)(C)C)CC3)cc2)nn1. The van der Waals surface area contributed by atoms with Crippen LogP contribution in [0.15, 0.2) is 30.5 Å². The van der Waals surface area contributed by atoms with Crippen LogP contribution in [-0.4, -0.2) is 57.6 Å². The zero-order chi connectivity index (χ0) is 18.7. The van der Waals surface area contributed by atoms with Gasteiger partial charge in [0.2, 0.25) is 0 Å². The van der Waals surface area contributed by atoms with E-state index in [1.54, 1.807) is 17.9 Å². The van der Waals surface area contributed by atoms with Gasteiger partial charge in [0.25, 0.3) is 5.91 Å². The van der Waals surface area contributed by atoms with Gasteiger partial charge in [0.1, 0.15) is 11.9 Å². The minimum absolute atomic E-state index is 0.220. The standard InChI is InChI=1S/C19H27N5O2/c1-19(2,3)23-11-9-16(10-12-23)26-15-7-5-14(6-8-15)24-13-17(21-22-24)18(25)20-4/h5-8,13,16H,9-12H2,1-4H3,(H,20,25). The molecule has 2 heterocycles. The zero-order valence-corrected chi connectivity index (χ0v) is 15.9. The highest BCUT2D eigenvalue weighted by molar-refractivity contribution is 5.91. The molecule has 0 unspecified atom stereocenters. The molecule has 1 aromatic heterocycles. The van der Waals surface area contributed by atoms with Crippen molar-refractivity contribution in [2.45, 2.75) is 45.3 Å². The van der Waals surface area contributed by atoms with Gasteiger partial charge >= 0.3 is 0 Å². The summed E-state index contributed by atoms with van der Waals surface area (Å²) in [5.41, 5.74) is 1.35. The number of carbonyl (C=O) groups is 1. The second kappa shape index (κ2) is 7.45. The molecular weight excluding hydrogens is 330 g/mol. The van der Waals surface area contributed by atoms with Crippen molar-refractivity contribution in [1.82, 2.24) is 25.2 Å². The summed E-state index contributed by atoms with van der Waals surface area (Å²) in [4.78, 5) is 14.1. The molecule has 1 saturated heterocycles. The summed E-state index contributed by atoms with van der Waals surface area (Å²) in [7, 11) is 1.57. The van der Waals surface area contributed by atoms with Gasteiger partial charge in [0.15, 0.2) is 5.69 Å². The van der Waals surface area contributed by atoms with Gasteiger partial charge < -0.3 is 10.1 Å². The largest absolute Gasteiger partial charge is 0.490 e. The molecule has 0 aliphatic carbocycles. The van der Waals surface area contributed by atoms with Crippen molar-refractivity contribution < 1.29 is 9.53 Å². The Morgan fingerprint density at radius 2 is 1.85 bits per heavy atom. The number of nitrogens with one attached hydrogen (secondary N) is 1. The molecule has 1 aromatic carbocycles. The monoisotopic (exact) mass is 357 g/mol. The van der Waals surface area contributed by atoms with Gasteiger partial charge in [-0.15, -0.1) is 5.10 Å². The molecule has 0 atom stereocenters. The number of piperidine rings is 1. The Bertz CT molecular complexity index is 740. The first-order valence-corrected chi connectivity index (χ1v) is 9.03. The van der Waals surface area contributed by atoms with E-state index < -0.39 is 0 Å². The average Bonchev–Trinajstić information content (AvgIpc) is 3.11. The van der Waals surface area contributed by atoms with E-state index >= 15 is 0 Å². The van der Waals surface area contributed by atoms with Crippen molar-refractivity contribution in [2.24, 2.45) is 0 Å². The molecule has 1 aliphatic heterocycles. The molecule has 0 bridgehead atoms. The molecule has 3 rings (SSSR count). The fourth-order valence-corrected chi connectivity index (χ4v) is 3.14. The maximum atomic E-state index is 11.6. The predicted octanol–water partition coefficient (Wildman–Crippen LogP) is 2.27. The number of benzene rings is 1. The summed E-state index contributed by atoms with van der Waals surface area (Å²) >= 11 is 0. The molecule has 1 amide bonds. The van der Waals surface area contributed by atoms with Crippen LogP contribution >= 0.6 is 0 Å². The van der Waals surface area contributed by atoms with Gasteiger partial charge in [-0.05, 0) is 57.9 Å². The number of ether oxygens (including phenoxy) is 1. The van der Waals surface area contributed by atoms with Crippen LogP contribution in [0.1, 0.15) is 44.1 Å². The van der Waals surface area contributed by atoms with Crippen LogP contribution in [0.2, 0.25) is 0 Å². The van der Waals surface area contributed by atoms with Gasteiger partial charge in [0, 0.05) is 25.7 Å². The molecule has 140 valence electrons. The molecule has 0 spiro atoms. The lowest BCUT2D eigenvalue weighted by atomic mass is 9.99. The second-order valence-electron chi connectivity index (χ2n) is 7.60. The molecule has 0 saturated carbocycles. The van der Waals surface area contributed by atoms with E-state index in [4.69, 9.17) is 4.74 Å². The smallest absolute Gasteiger partial charge is 0.273 e. The Hall–Kier alpha value is -2.41. The van der Waals surface area contributed by atoms with Crippen molar-refractivity contribution in [3.05, 3.63) is 36.2 Å². The maximum absolute atomic E-state index is 11.6. The van der Waals surface area contributed by atoms with Crippen LogP contribution in [0.25, 0.3) is 5.69 Å². The second-order valence-corrected chi connectivity index (χ2v) is 7.60. The third kappa shape index (κ3) is 4.22. The summed E-state index contributed by atoms with van der Waals surface area (Å²) in [5.74, 6) is 0.604. The van der Waals surface area contributed by atoms with Crippen LogP contribution in [0.4, 0.5) is 0 Å². The molecule has 26 heavy (non-hydrogen) atoms. The number of likely N-dealkylation sites (tertiary alicyclic amines) is 1. The molecule has 7 heteroatoms. The predicted molar refractivity (Wildman–Crippen MR) is 99.7 cm³/mol. The number of hydrogen-bond acceptors (Lipinski definition) is 5. The topological polar surface area (TPSA) is 72.3 Å². The summed E-state index contributed by atoms with van der Waals surface area (Å²) in [6.45, 7) is 8.90. The summed E-state index contributed by atoms with van der Waals surface area (Å²) in [6.07, 6.45) is 3.94. The summed E-state index contributed by atoms with van der Waals surface area (Å²) < 4.78 is 7.71. The third-order valence-corrected chi connectivity index (χ3v) is 4.75. The summed E-state index contributed by atoms with van der Waals surface area (Å²) in [6, 6.07) is 7.71. The van der Waals surface area contributed by atoms with Crippen LogP contribution < -0.4 is 10.1 Å². The van der Waals surface area contributed by atoms with Gasteiger partial charge in [-0.3, -0.25) is 9.69 Å². The fraction of sp³-hybridized carbons (Fsp3) is 0.526. The van der Waals surface area contributed by atoms with E-state index in [-0.39, 0.29) is 17.6 Å². The first-order chi connectivity index (χ1) is 12.4. The maximum Gasteiger partial charge on any atom is 0.273 e. The highest BCUT2D eigenvalue weighted by atomic mass is 16.5. The lowest BCUT2D eigenvalue weighted by Crippen LogP contribution is -2.48. The van der Waals surface area contributed by atoms with E-state index in [0.29, 0.717) is 5.69 Å². The normalized spacial score (nSPS) is 16.5. The molecule has 0 radical (unpaired) electrons. The summed E-state index contributed by atoms with van der Waals surface area (Å²) in [5, 5.41) is 10.4. The number of rotatable bonds is 4. The van der Waals surface area contributed by atoms with Crippen LogP contribution in [0.5, 0.6) is 5.75 Å². The first kappa shape index (κ1) is 18.4. The third-order valence-electron chi connectivity index (χ3n) is 4.75. The van der Waals surface area contributed by atoms with E-state index in [0.717, 1.165) is 37.4 Å². The van der Waals surface area contributed by atoms with Crippen molar-refractivity contribution in [3.8, 4) is 11.4 Å². The highest BCUT2D eigenvalue weighted by Crippen LogP contribution is 2.24. The number of nitrogens with zero attached hydrogens (tertiary/aromatic N) is 4. The minimum atomic E-state index is -0.252. The van der Waals surface area contributed by atoms with Gasteiger partial charge in [-0.2, -0.15) is 0 Å². The Balaban J connectivity index is 1.58. The van der Waals surface area contributed by atoms with E-state index in [2.05, 4.69) is 41.3 Å². The van der Waals surface area contributed by atoms with Crippen molar-refractivity contribution in [1.29, 1.82) is 0 Å². The van der Waals surface area contributed by atoms with Crippen molar-refractivity contribution in [3.63, 3.8) is 0 Å². The van der Waals surface area contributed by atoms with Crippen LogP contribution in [0, 0.1) is 0 Å². The zero-order valence-electron chi connectivity index (χ0n) is 15.9. The number of carbonyl (C=O) groups excluding carboxylic acids is 1. The molecule has 2 aromatic rings. The molecule has 7 nitrogen and oxygen atoms in total. The van der Waals surface area contributed by atoms with Crippen LogP contribution in [0.3, 0.4) is 0 Å². The van der Waals surface area contributed by atoms with E-state index in [1.165, 1.54) is 0 Å². The van der Waals surface area contributed by atoms with Gasteiger partial charge in [0.05, 0.1) is 11.9 Å².